The molecule has 0 aromatic heterocycles. The van der Waals surface area contributed by atoms with Crippen LogP contribution in [0.5, 0.6) is 5.75 Å². The summed E-state index contributed by atoms with van der Waals surface area (Å²) in [5, 5.41) is 10.1. The molecule has 5 heteroatoms. The summed E-state index contributed by atoms with van der Waals surface area (Å²) in [6.07, 6.45) is 4.07. The van der Waals surface area contributed by atoms with Crippen molar-refractivity contribution in [3.8, 4) is 5.75 Å². The minimum atomic E-state index is -4.40. The predicted octanol–water partition coefficient (Wildman–Crippen LogP) is 6.74. The third-order valence-electron chi connectivity index (χ3n) is 7.80. The fourth-order valence-electron chi connectivity index (χ4n) is 4.32. The summed E-state index contributed by atoms with van der Waals surface area (Å²) in [6, 6.07) is 3.76. The largest absolute Gasteiger partial charge is 0.507 e. The molecule has 0 fully saturated rings. The minimum Gasteiger partial charge on any atom is -0.507 e. The van der Waals surface area contributed by atoms with Crippen molar-refractivity contribution >= 4 is 7.60 Å². The summed E-state index contributed by atoms with van der Waals surface area (Å²) in [5.41, 5.74) is 1.80. The van der Waals surface area contributed by atoms with E-state index in [4.69, 9.17) is 0 Å². The van der Waals surface area contributed by atoms with Gasteiger partial charge >= 0.3 is 7.60 Å². The van der Waals surface area contributed by atoms with Gasteiger partial charge in [-0.15, -0.1) is 0 Å². The van der Waals surface area contributed by atoms with Crippen LogP contribution < -0.4 is 0 Å². The van der Waals surface area contributed by atoms with E-state index in [1.807, 2.05) is 26.0 Å². The molecule has 0 heterocycles. The first-order chi connectivity index (χ1) is 12.9. The van der Waals surface area contributed by atoms with Gasteiger partial charge in [-0.1, -0.05) is 67.5 Å². The zero-order valence-electron chi connectivity index (χ0n) is 19.1. The molecule has 0 aliphatic carbocycles. The summed E-state index contributed by atoms with van der Waals surface area (Å²) < 4.78 is 12.6. The van der Waals surface area contributed by atoms with E-state index in [9.17, 15) is 19.5 Å². The third-order valence-corrected chi connectivity index (χ3v) is 9.80. The predicted molar refractivity (Wildman–Crippen MR) is 118 cm³/mol. The molecule has 1 aromatic carbocycles. The topological polar surface area (TPSA) is 77.8 Å². The lowest BCUT2D eigenvalue weighted by atomic mass is 9.70. The summed E-state index contributed by atoms with van der Waals surface area (Å²) in [7, 11) is -4.40. The average Bonchev–Trinajstić information content (AvgIpc) is 2.67. The van der Waals surface area contributed by atoms with Gasteiger partial charge in [0.25, 0.3) is 0 Å². The zero-order chi connectivity index (χ0) is 22.0. The van der Waals surface area contributed by atoms with Crippen molar-refractivity contribution in [3.63, 3.8) is 0 Å². The van der Waals surface area contributed by atoms with E-state index >= 15 is 0 Å². The van der Waals surface area contributed by atoms with Gasteiger partial charge in [0.1, 0.15) is 5.75 Å². The molecule has 0 radical (unpaired) electrons. The molecule has 4 nitrogen and oxygen atoms in total. The van der Waals surface area contributed by atoms with Crippen molar-refractivity contribution in [2.24, 2.45) is 0 Å². The van der Waals surface area contributed by atoms with Gasteiger partial charge in [0.05, 0.1) is 5.16 Å². The number of hydrogen-bond donors (Lipinski definition) is 3. The second kappa shape index (κ2) is 8.90. The SMILES string of the molecule is CCC(C)(CC)c1cc(C(CC)(CC)P(=O)(O)O)cc(C(C)(CC)CC)c1O. The van der Waals surface area contributed by atoms with Gasteiger partial charge in [0, 0.05) is 11.1 Å². The van der Waals surface area contributed by atoms with Gasteiger partial charge in [0.2, 0.25) is 0 Å². The maximum absolute atomic E-state index is 12.6. The molecule has 162 valence electrons. The van der Waals surface area contributed by atoms with Gasteiger partial charge in [-0.25, -0.2) is 0 Å². The number of hydrogen-bond acceptors (Lipinski definition) is 2. The highest BCUT2D eigenvalue weighted by molar-refractivity contribution is 7.53. The van der Waals surface area contributed by atoms with Crippen molar-refractivity contribution in [3.05, 3.63) is 28.8 Å². The molecule has 3 N–H and O–H groups in total. The number of phenolic OH excluding ortho intramolecular Hbond substituents is 1. The molecule has 1 aromatic rings. The highest BCUT2D eigenvalue weighted by Crippen LogP contribution is 2.62. The Kier molecular flexibility index (Phi) is 8.01. The van der Waals surface area contributed by atoms with Gasteiger partial charge in [-0.2, -0.15) is 0 Å². The standard InChI is InChI=1S/C23H41O4P/c1-9-21(7,10-2)18-15-17(23(13-5,14-6)28(25,26)27)16-19(20(18)24)22(8,11-3)12-4/h15-16,24H,9-14H2,1-8H3,(H2,25,26,27). The fourth-order valence-corrected chi connectivity index (χ4v) is 5.61. The smallest absolute Gasteiger partial charge is 0.335 e. The molecular formula is C23H41O4P. The van der Waals surface area contributed by atoms with Crippen molar-refractivity contribution in [2.75, 3.05) is 0 Å². The Morgan fingerprint density at radius 3 is 1.29 bits per heavy atom. The molecule has 28 heavy (non-hydrogen) atoms. The molecule has 1 rings (SSSR count). The van der Waals surface area contributed by atoms with Crippen LogP contribution in [0.15, 0.2) is 12.1 Å². The van der Waals surface area contributed by atoms with Crippen molar-refractivity contribution in [1.29, 1.82) is 0 Å². The second-order valence-corrected chi connectivity index (χ2v) is 10.7. The number of phenols is 1. The molecule has 0 atom stereocenters. The van der Waals surface area contributed by atoms with Crippen LogP contribution in [-0.2, 0) is 20.6 Å². The highest BCUT2D eigenvalue weighted by atomic mass is 31.2. The molecule has 0 saturated carbocycles. The monoisotopic (exact) mass is 412 g/mol. The quantitative estimate of drug-likeness (QED) is 0.372. The second-order valence-electron chi connectivity index (χ2n) is 8.74. The van der Waals surface area contributed by atoms with Gasteiger partial charge in [0.15, 0.2) is 0 Å². The lowest BCUT2D eigenvalue weighted by molar-refractivity contribution is 0.313. The van der Waals surface area contributed by atoms with Crippen LogP contribution in [0, 0.1) is 0 Å². The number of benzene rings is 1. The fraction of sp³-hybridized carbons (Fsp3) is 0.739. The first-order valence-electron chi connectivity index (χ1n) is 10.8. The lowest BCUT2D eigenvalue weighted by Gasteiger charge is -2.38. The Morgan fingerprint density at radius 2 is 1.07 bits per heavy atom. The Labute approximate surface area is 171 Å². The Morgan fingerprint density at radius 1 is 0.750 bits per heavy atom. The van der Waals surface area contributed by atoms with E-state index in [-0.39, 0.29) is 10.8 Å². The normalized spacial score (nSPS) is 13.8. The molecule has 0 unspecified atom stereocenters. The molecule has 0 amide bonds. The van der Waals surface area contributed by atoms with Crippen LogP contribution in [0.2, 0.25) is 0 Å². The maximum atomic E-state index is 12.6. The van der Waals surface area contributed by atoms with Gasteiger partial charge in [-0.3, -0.25) is 4.57 Å². The lowest BCUT2D eigenvalue weighted by Crippen LogP contribution is -2.29. The molecular weight excluding hydrogens is 371 g/mol. The summed E-state index contributed by atoms with van der Waals surface area (Å²) in [6.45, 7) is 16.3. The zero-order valence-corrected chi connectivity index (χ0v) is 20.0. The van der Waals surface area contributed by atoms with E-state index in [1.165, 1.54) is 0 Å². The molecule has 0 aliphatic rings. The van der Waals surface area contributed by atoms with E-state index in [0.717, 1.165) is 36.8 Å². The summed E-state index contributed by atoms with van der Waals surface area (Å²) in [4.78, 5) is 20.6. The summed E-state index contributed by atoms with van der Waals surface area (Å²) >= 11 is 0. The van der Waals surface area contributed by atoms with Crippen LogP contribution in [0.3, 0.4) is 0 Å². The van der Waals surface area contributed by atoms with Crippen molar-refractivity contribution in [1.82, 2.24) is 0 Å². The Hall–Kier alpha value is -0.830. The highest BCUT2D eigenvalue weighted by Gasteiger charge is 2.47. The van der Waals surface area contributed by atoms with E-state index < -0.39 is 12.8 Å². The third kappa shape index (κ3) is 4.06. The maximum Gasteiger partial charge on any atom is 0.335 e. The van der Waals surface area contributed by atoms with Crippen LogP contribution in [-0.4, -0.2) is 14.9 Å². The average molecular weight is 413 g/mol. The Bertz CT molecular complexity index is 668. The minimum absolute atomic E-state index is 0.251. The van der Waals surface area contributed by atoms with Crippen LogP contribution in [0.1, 0.15) is 111 Å². The first kappa shape index (κ1) is 25.2. The van der Waals surface area contributed by atoms with Gasteiger partial charge < -0.3 is 14.9 Å². The van der Waals surface area contributed by atoms with Crippen LogP contribution in [0.4, 0.5) is 0 Å². The summed E-state index contributed by atoms with van der Waals surface area (Å²) in [5.74, 6) is 0.299. The molecule has 0 bridgehead atoms. The van der Waals surface area contributed by atoms with E-state index in [1.54, 1.807) is 0 Å². The van der Waals surface area contributed by atoms with Crippen LogP contribution >= 0.6 is 7.60 Å². The van der Waals surface area contributed by atoms with Crippen LogP contribution in [0.25, 0.3) is 0 Å². The molecule has 0 saturated heterocycles. The Balaban J connectivity index is 4.09. The number of rotatable bonds is 10. The van der Waals surface area contributed by atoms with E-state index in [0.29, 0.717) is 24.2 Å². The first-order valence-corrected chi connectivity index (χ1v) is 12.4. The van der Waals surface area contributed by atoms with Crippen molar-refractivity contribution in [2.45, 2.75) is 110 Å². The number of aromatic hydroxyl groups is 1. The van der Waals surface area contributed by atoms with Gasteiger partial charge in [-0.05, 0) is 54.9 Å². The molecule has 0 aliphatic heterocycles. The molecule has 0 spiro atoms. The van der Waals surface area contributed by atoms with Crippen molar-refractivity contribution < 1.29 is 19.5 Å². The van der Waals surface area contributed by atoms with E-state index in [2.05, 4.69) is 41.5 Å².